The molecule has 0 aliphatic carbocycles. The van der Waals surface area contributed by atoms with Crippen LogP contribution < -0.4 is 11.3 Å². The molecule has 108 valence electrons. The SMILES string of the molecule is CCCc1nc(NN)c(C)c(Sc2nnc(C)n2C)n1. The lowest BCUT2D eigenvalue weighted by molar-refractivity contribution is 0.760. The van der Waals surface area contributed by atoms with Crippen molar-refractivity contribution in [2.75, 3.05) is 5.43 Å². The molecule has 2 aromatic rings. The molecule has 0 saturated carbocycles. The third kappa shape index (κ3) is 2.91. The molecule has 0 aliphatic heterocycles. The molecule has 20 heavy (non-hydrogen) atoms. The molecule has 0 aliphatic rings. The van der Waals surface area contributed by atoms with Crippen LogP contribution in [0.5, 0.6) is 0 Å². The molecule has 2 heterocycles. The van der Waals surface area contributed by atoms with Crippen molar-refractivity contribution in [1.29, 1.82) is 0 Å². The summed E-state index contributed by atoms with van der Waals surface area (Å²) in [5.74, 6) is 7.84. The first-order valence-electron chi connectivity index (χ1n) is 6.44. The molecule has 8 heteroatoms. The van der Waals surface area contributed by atoms with Gasteiger partial charge >= 0.3 is 0 Å². The van der Waals surface area contributed by atoms with Crippen LogP contribution in [0.3, 0.4) is 0 Å². The van der Waals surface area contributed by atoms with E-state index in [1.807, 2.05) is 25.5 Å². The molecule has 0 fully saturated rings. The van der Waals surface area contributed by atoms with E-state index in [0.29, 0.717) is 5.82 Å². The van der Waals surface area contributed by atoms with Crippen molar-refractivity contribution in [1.82, 2.24) is 24.7 Å². The summed E-state index contributed by atoms with van der Waals surface area (Å²) in [4.78, 5) is 9.00. The molecule has 2 aromatic heterocycles. The summed E-state index contributed by atoms with van der Waals surface area (Å²) in [6.07, 6.45) is 1.81. The minimum Gasteiger partial charge on any atom is -0.309 e. The number of anilines is 1. The summed E-state index contributed by atoms with van der Waals surface area (Å²) in [5, 5.41) is 9.85. The Hall–Kier alpha value is -1.67. The van der Waals surface area contributed by atoms with E-state index in [2.05, 4.69) is 32.5 Å². The molecule has 0 saturated heterocycles. The van der Waals surface area contributed by atoms with Crippen molar-refractivity contribution >= 4 is 17.6 Å². The summed E-state index contributed by atoms with van der Waals surface area (Å²) in [5.41, 5.74) is 3.55. The second-order valence-corrected chi connectivity index (χ2v) is 5.46. The van der Waals surface area contributed by atoms with E-state index < -0.39 is 0 Å². The lowest BCUT2D eigenvalue weighted by Gasteiger charge is -2.11. The monoisotopic (exact) mass is 293 g/mol. The van der Waals surface area contributed by atoms with Crippen molar-refractivity contribution in [3.8, 4) is 0 Å². The van der Waals surface area contributed by atoms with Gasteiger partial charge in [0.2, 0.25) is 0 Å². The van der Waals surface area contributed by atoms with Crippen LogP contribution >= 0.6 is 11.8 Å². The van der Waals surface area contributed by atoms with Gasteiger partial charge in [-0.15, -0.1) is 10.2 Å². The predicted octanol–water partition coefficient (Wildman–Crippen LogP) is 1.61. The summed E-state index contributed by atoms with van der Waals surface area (Å²) in [6, 6.07) is 0. The first-order chi connectivity index (χ1) is 9.56. The van der Waals surface area contributed by atoms with Crippen molar-refractivity contribution in [2.24, 2.45) is 12.9 Å². The highest BCUT2D eigenvalue weighted by atomic mass is 32.2. The Kier molecular flexibility index (Phi) is 4.56. The zero-order valence-corrected chi connectivity index (χ0v) is 13.0. The van der Waals surface area contributed by atoms with Crippen molar-refractivity contribution in [2.45, 2.75) is 43.8 Å². The second-order valence-electron chi connectivity index (χ2n) is 4.50. The fourth-order valence-corrected chi connectivity index (χ4v) is 2.60. The Labute approximate surface area is 122 Å². The van der Waals surface area contributed by atoms with Crippen LogP contribution in [-0.4, -0.2) is 24.7 Å². The van der Waals surface area contributed by atoms with Crippen LogP contribution in [0, 0.1) is 13.8 Å². The summed E-state index contributed by atoms with van der Waals surface area (Å²) in [7, 11) is 1.93. The molecule has 0 unspecified atom stereocenters. The number of hydrogen-bond donors (Lipinski definition) is 2. The normalized spacial score (nSPS) is 10.8. The number of nitrogens with one attached hydrogen (secondary N) is 1. The number of hydrogen-bond acceptors (Lipinski definition) is 7. The minimum absolute atomic E-state index is 0.657. The summed E-state index contributed by atoms with van der Waals surface area (Å²) >= 11 is 1.47. The second kappa shape index (κ2) is 6.19. The Bertz CT molecular complexity index is 608. The maximum atomic E-state index is 5.53. The number of nitrogens with zero attached hydrogens (tertiary/aromatic N) is 5. The Balaban J connectivity index is 2.39. The maximum Gasteiger partial charge on any atom is 0.197 e. The van der Waals surface area contributed by atoms with Crippen LogP contribution in [-0.2, 0) is 13.5 Å². The highest BCUT2D eigenvalue weighted by Gasteiger charge is 2.14. The summed E-state index contributed by atoms with van der Waals surface area (Å²) < 4.78 is 1.93. The van der Waals surface area contributed by atoms with Gasteiger partial charge < -0.3 is 9.99 Å². The van der Waals surface area contributed by atoms with E-state index in [4.69, 9.17) is 5.84 Å². The Morgan fingerprint density at radius 2 is 2.00 bits per heavy atom. The zero-order valence-electron chi connectivity index (χ0n) is 12.1. The van der Waals surface area contributed by atoms with Gasteiger partial charge in [-0.25, -0.2) is 15.8 Å². The molecule has 0 atom stereocenters. The topological polar surface area (TPSA) is 94.5 Å². The van der Waals surface area contributed by atoms with Gasteiger partial charge in [-0.3, -0.25) is 0 Å². The smallest absolute Gasteiger partial charge is 0.197 e. The van der Waals surface area contributed by atoms with Gasteiger partial charge in [-0.1, -0.05) is 6.92 Å². The third-order valence-corrected chi connectivity index (χ3v) is 4.13. The number of hydrazine groups is 1. The predicted molar refractivity (Wildman–Crippen MR) is 78.4 cm³/mol. The van der Waals surface area contributed by atoms with Gasteiger partial charge in [-0.05, 0) is 32.0 Å². The van der Waals surface area contributed by atoms with E-state index in [9.17, 15) is 0 Å². The fourth-order valence-electron chi connectivity index (χ4n) is 1.68. The van der Waals surface area contributed by atoms with Crippen molar-refractivity contribution in [3.63, 3.8) is 0 Å². The van der Waals surface area contributed by atoms with E-state index in [1.165, 1.54) is 11.8 Å². The maximum absolute atomic E-state index is 5.53. The zero-order chi connectivity index (χ0) is 14.7. The molecule has 0 aromatic carbocycles. The number of aromatic nitrogens is 5. The quantitative estimate of drug-likeness (QED) is 0.491. The van der Waals surface area contributed by atoms with Gasteiger partial charge in [0.05, 0.1) is 0 Å². The van der Waals surface area contributed by atoms with Gasteiger partial charge in [-0.2, -0.15) is 0 Å². The molecular formula is C12H19N7S. The molecular weight excluding hydrogens is 274 g/mol. The van der Waals surface area contributed by atoms with Crippen LogP contribution in [0.2, 0.25) is 0 Å². The average molecular weight is 293 g/mol. The average Bonchev–Trinajstić information content (AvgIpc) is 2.74. The lowest BCUT2D eigenvalue weighted by Crippen LogP contribution is -2.13. The van der Waals surface area contributed by atoms with Gasteiger partial charge in [0.25, 0.3) is 0 Å². The third-order valence-electron chi connectivity index (χ3n) is 3.00. The van der Waals surface area contributed by atoms with Gasteiger partial charge in [0, 0.05) is 19.0 Å². The lowest BCUT2D eigenvalue weighted by atomic mass is 10.3. The Morgan fingerprint density at radius 3 is 2.55 bits per heavy atom. The van der Waals surface area contributed by atoms with E-state index >= 15 is 0 Å². The van der Waals surface area contributed by atoms with Crippen LogP contribution in [0.25, 0.3) is 0 Å². The number of aryl methyl sites for hydroxylation is 2. The fraction of sp³-hybridized carbons (Fsp3) is 0.500. The molecule has 3 N–H and O–H groups in total. The summed E-state index contributed by atoms with van der Waals surface area (Å²) in [6.45, 7) is 5.95. The minimum atomic E-state index is 0.657. The van der Waals surface area contributed by atoms with Crippen LogP contribution in [0.1, 0.15) is 30.6 Å². The molecule has 0 spiro atoms. The van der Waals surface area contributed by atoms with E-state index in [1.54, 1.807) is 0 Å². The number of rotatable bonds is 5. The van der Waals surface area contributed by atoms with Gasteiger partial charge in [0.1, 0.15) is 22.5 Å². The van der Waals surface area contributed by atoms with E-state index in [0.717, 1.165) is 40.2 Å². The molecule has 0 bridgehead atoms. The van der Waals surface area contributed by atoms with Crippen LogP contribution in [0.4, 0.5) is 5.82 Å². The highest BCUT2D eigenvalue weighted by Crippen LogP contribution is 2.30. The van der Waals surface area contributed by atoms with Crippen molar-refractivity contribution < 1.29 is 0 Å². The highest BCUT2D eigenvalue weighted by molar-refractivity contribution is 7.99. The Morgan fingerprint density at radius 1 is 1.25 bits per heavy atom. The molecule has 0 radical (unpaired) electrons. The first-order valence-corrected chi connectivity index (χ1v) is 7.26. The first kappa shape index (κ1) is 14.7. The van der Waals surface area contributed by atoms with Gasteiger partial charge in [0.15, 0.2) is 5.16 Å². The van der Waals surface area contributed by atoms with Crippen LogP contribution in [0.15, 0.2) is 10.2 Å². The number of nitrogens with two attached hydrogens (primary N) is 1. The molecule has 7 nitrogen and oxygen atoms in total. The van der Waals surface area contributed by atoms with Crippen molar-refractivity contribution in [3.05, 3.63) is 17.2 Å². The standard InChI is InChI=1S/C12H19N7S/c1-5-6-9-14-10(16-13)7(2)11(15-9)20-12-18-17-8(3)19(12)4/h5-6,13H2,1-4H3,(H,14,15,16). The molecule has 2 rings (SSSR count). The largest absolute Gasteiger partial charge is 0.309 e. The number of nitrogen functional groups attached to an aromatic ring is 1. The molecule has 0 amide bonds. The van der Waals surface area contributed by atoms with E-state index in [-0.39, 0.29) is 0 Å².